The summed E-state index contributed by atoms with van der Waals surface area (Å²) in [5.74, 6) is 1.87. The molecule has 1 aliphatic rings. The first-order valence-electron chi connectivity index (χ1n) is 7.51. The number of ether oxygens (including phenoxy) is 1. The second kappa shape index (κ2) is 6.30. The Labute approximate surface area is 130 Å². The van der Waals surface area contributed by atoms with E-state index in [1.165, 1.54) is 6.33 Å². The Morgan fingerprint density at radius 1 is 1.32 bits per heavy atom. The van der Waals surface area contributed by atoms with Gasteiger partial charge in [0.1, 0.15) is 18.0 Å². The van der Waals surface area contributed by atoms with Gasteiger partial charge in [-0.3, -0.25) is 0 Å². The van der Waals surface area contributed by atoms with E-state index in [9.17, 15) is 4.39 Å². The molecule has 0 N–H and O–H groups in total. The number of aryl methyl sites for hydroxylation is 1. The molecule has 0 spiro atoms. The summed E-state index contributed by atoms with van der Waals surface area (Å²) < 4.78 is 18.8. The molecule has 1 unspecified atom stereocenters. The Morgan fingerprint density at radius 3 is 2.95 bits per heavy atom. The van der Waals surface area contributed by atoms with Crippen LogP contribution in [0.4, 0.5) is 10.2 Å². The molecule has 22 heavy (non-hydrogen) atoms. The lowest BCUT2D eigenvalue weighted by Gasteiger charge is -2.17. The van der Waals surface area contributed by atoms with E-state index in [-0.39, 0.29) is 5.82 Å². The summed E-state index contributed by atoms with van der Waals surface area (Å²) in [6.07, 6.45) is 3.51. The van der Waals surface area contributed by atoms with E-state index in [0.29, 0.717) is 17.4 Å². The molecule has 1 aromatic heterocycles. The third kappa shape index (κ3) is 3.18. The van der Waals surface area contributed by atoms with Crippen molar-refractivity contribution in [3.8, 4) is 5.88 Å². The van der Waals surface area contributed by atoms with E-state index in [0.717, 1.165) is 37.3 Å². The molecule has 116 valence electrons. The fraction of sp³-hybridized carbons (Fsp3) is 0.412. The van der Waals surface area contributed by atoms with Gasteiger partial charge in [-0.1, -0.05) is 12.1 Å². The molecule has 0 radical (unpaired) electrons. The van der Waals surface area contributed by atoms with Crippen LogP contribution in [-0.4, -0.2) is 30.2 Å². The molecule has 4 nitrogen and oxygen atoms in total. The van der Waals surface area contributed by atoms with Crippen LogP contribution < -0.4 is 9.64 Å². The molecule has 1 saturated heterocycles. The van der Waals surface area contributed by atoms with Gasteiger partial charge in [0.2, 0.25) is 5.88 Å². The number of rotatable bonds is 4. The average molecular weight is 301 g/mol. The van der Waals surface area contributed by atoms with Crippen LogP contribution in [0.1, 0.15) is 17.5 Å². The van der Waals surface area contributed by atoms with E-state index in [4.69, 9.17) is 4.74 Å². The van der Waals surface area contributed by atoms with Crippen molar-refractivity contribution in [3.63, 3.8) is 0 Å². The highest BCUT2D eigenvalue weighted by atomic mass is 19.1. The van der Waals surface area contributed by atoms with Gasteiger partial charge in [-0.05, 0) is 42.9 Å². The minimum atomic E-state index is -0.118. The quantitative estimate of drug-likeness (QED) is 0.870. The molecule has 5 heteroatoms. The molecule has 1 fully saturated rings. The van der Waals surface area contributed by atoms with Gasteiger partial charge in [-0.2, -0.15) is 0 Å². The standard InChI is InChI=1S/C17H20FN3O/c1-12-3-4-13(8-15(12)18)7-14-5-6-21(10-14)16-9-17(22-2)20-11-19-16/h3-4,8-9,11,14H,5-7,10H2,1-2H3. The van der Waals surface area contributed by atoms with Gasteiger partial charge in [-0.25, -0.2) is 14.4 Å². The number of nitrogens with zero attached hydrogens (tertiary/aromatic N) is 3. The Kier molecular flexibility index (Phi) is 4.22. The van der Waals surface area contributed by atoms with E-state index >= 15 is 0 Å². The minimum absolute atomic E-state index is 0.118. The largest absolute Gasteiger partial charge is 0.481 e. The molecule has 1 atom stereocenters. The summed E-state index contributed by atoms with van der Waals surface area (Å²) in [7, 11) is 1.60. The van der Waals surface area contributed by atoms with Crippen LogP contribution in [0, 0.1) is 18.7 Å². The highest BCUT2D eigenvalue weighted by Crippen LogP contribution is 2.26. The molecule has 0 amide bonds. The van der Waals surface area contributed by atoms with Crippen molar-refractivity contribution in [2.24, 2.45) is 5.92 Å². The molecule has 0 aliphatic carbocycles. The fourth-order valence-corrected chi connectivity index (χ4v) is 2.92. The van der Waals surface area contributed by atoms with Crippen LogP contribution in [0.25, 0.3) is 0 Å². The summed E-state index contributed by atoms with van der Waals surface area (Å²) in [5.41, 5.74) is 1.76. The first-order valence-corrected chi connectivity index (χ1v) is 7.51. The molecule has 3 rings (SSSR count). The summed E-state index contributed by atoms with van der Waals surface area (Å²) in [6, 6.07) is 7.39. The Balaban J connectivity index is 1.65. The zero-order valence-corrected chi connectivity index (χ0v) is 12.9. The molecular weight excluding hydrogens is 281 g/mol. The van der Waals surface area contributed by atoms with Crippen LogP contribution in [0.15, 0.2) is 30.6 Å². The molecule has 2 aromatic rings. The van der Waals surface area contributed by atoms with Crippen molar-refractivity contribution < 1.29 is 9.13 Å². The summed E-state index contributed by atoms with van der Waals surface area (Å²) >= 11 is 0. The van der Waals surface area contributed by atoms with Crippen molar-refractivity contribution in [3.05, 3.63) is 47.5 Å². The maximum atomic E-state index is 13.6. The maximum Gasteiger partial charge on any atom is 0.218 e. The van der Waals surface area contributed by atoms with Crippen LogP contribution in [0.5, 0.6) is 5.88 Å². The highest BCUT2D eigenvalue weighted by molar-refractivity contribution is 5.42. The average Bonchev–Trinajstić information content (AvgIpc) is 2.99. The summed E-state index contributed by atoms with van der Waals surface area (Å²) in [5, 5.41) is 0. The number of aromatic nitrogens is 2. The van der Waals surface area contributed by atoms with Crippen molar-refractivity contribution >= 4 is 5.82 Å². The number of hydrogen-bond donors (Lipinski definition) is 0. The van der Waals surface area contributed by atoms with Gasteiger partial charge in [0.05, 0.1) is 7.11 Å². The molecule has 1 aliphatic heterocycles. The van der Waals surface area contributed by atoms with E-state index < -0.39 is 0 Å². The van der Waals surface area contributed by atoms with Crippen molar-refractivity contribution in [2.45, 2.75) is 19.8 Å². The van der Waals surface area contributed by atoms with Crippen LogP contribution in [0.3, 0.4) is 0 Å². The highest BCUT2D eigenvalue weighted by Gasteiger charge is 2.24. The fourth-order valence-electron chi connectivity index (χ4n) is 2.92. The normalized spacial score (nSPS) is 17.8. The number of methoxy groups -OCH3 is 1. The lowest BCUT2D eigenvalue weighted by Crippen LogP contribution is -2.21. The second-order valence-electron chi connectivity index (χ2n) is 5.81. The lowest BCUT2D eigenvalue weighted by atomic mass is 9.98. The summed E-state index contributed by atoms with van der Waals surface area (Å²) in [4.78, 5) is 10.6. The zero-order chi connectivity index (χ0) is 15.5. The molecule has 2 heterocycles. The second-order valence-corrected chi connectivity index (χ2v) is 5.81. The van der Waals surface area contributed by atoms with E-state index in [1.807, 2.05) is 18.2 Å². The number of hydrogen-bond acceptors (Lipinski definition) is 4. The number of benzene rings is 1. The lowest BCUT2D eigenvalue weighted by molar-refractivity contribution is 0.397. The number of halogens is 1. The van der Waals surface area contributed by atoms with Crippen molar-refractivity contribution in [2.75, 3.05) is 25.1 Å². The van der Waals surface area contributed by atoms with Crippen LogP contribution in [0.2, 0.25) is 0 Å². The Bertz CT molecular complexity index is 662. The monoisotopic (exact) mass is 301 g/mol. The number of anilines is 1. The SMILES string of the molecule is COc1cc(N2CCC(Cc3ccc(C)c(F)c3)C2)ncn1. The van der Waals surface area contributed by atoms with Crippen LogP contribution in [-0.2, 0) is 6.42 Å². The Hall–Kier alpha value is -2.17. The van der Waals surface area contributed by atoms with Crippen LogP contribution >= 0.6 is 0 Å². The van der Waals surface area contributed by atoms with Gasteiger partial charge in [0, 0.05) is 19.2 Å². The third-order valence-electron chi connectivity index (χ3n) is 4.21. The van der Waals surface area contributed by atoms with E-state index in [2.05, 4.69) is 14.9 Å². The van der Waals surface area contributed by atoms with E-state index in [1.54, 1.807) is 20.1 Å². The topological polar surface area (TPSA) is 38.2 Å². The minimum Gasteiger partial charge on any atom is -0.481 e. The maximum absolute atomic E-state index is 13.6. The van der Waals surface area contributed by atoms with Gasteiger partial charge in [0.25, 0.3) is 0 Å². The zero-order valence-electron chi connectivity index (χ0n) is 12.9. The predicted octanol–water partition coefficient (Wildman–Crippen LogP) is 3.00. The predicted molar refractivity (Wildman–Crippen MR) is 83.7 cm³/mol. The first-order chi connectivity index (χ1) is 10.7. The first kappa shape index (κ1) is 14.8. The summed E-state index contributed by atoms with van der Waals surface area (Å²) in [6.45, 7) is 3.67. The molecule has 0 saturated carbocycles. The van der Waals surface area contributed by atoms with Gasteiger partial charge >= 0.3 is 0 Å². The van der Waals surface area contributed by atoms with Gasteiger partial charge in [-0.15, -0.1) is 0 Å². The molecular formula is C17H20FN3O. The van der Waals surface area contributed by atoms with Crippen molar-refractivity contribution in [1.82, 2.24) is 9.97 Å². The van der Waals surface area contributed by atoms with Gasteiger partial charge in [0.15, 0.2) is 0 Å². The van der Waals surface area contributed by atoms with Gasteiger partial charge < -0.3 is 9.64 Å². The smallest absolute Gasteiger partial charge is 0.218 e. The molecule has 0 bridgehead atoms. The molecule has 1 aromatic carbocycles. The third-order valence-corrected chi connectivity index (χ3v) is 4.21. The Morgan fingerprint density at radius 2 is 2.18 bits per heavy atom. The van der Waals surface area contributed by atoms with Crippen molar-refractivity contribution in [1.29, 1.82) is 0 Å².